The highest BCUT2D eigenvalue weighted by Gasteiger charge is 2.22. The maximum atomic E-state index is 13.1. The molecule has 0 unspecified atom stereocenters. The molecule has 1 aliphatic rings. The van der Waals surface area contributed by atoms with Gasteiger partial charge in [0.25, 0.3) is 5.56 Å². The summed E-state index contributed by atoms with van der Waals surface area (Å²) in [5, 5.41) is 3.37. The van der Waals surface area contributed by atoms with Gasteiger partial charge in [0.15, 0.2) is 0 Å². The zero-order valence-electron chi connectivity index (χ0n) is 19.1. The van der Waals surface area contributed by atoms with Crippen molar-refractivity contribution in [2.45, 2.75) is 18.9 Å². The van der Waals surface area contributed by atoms with E-state index >= 15 is 0 Å². The summed E-state index contributed by atoms with van der Waals surface area (Å²) in [6, 6.07) is 18.7. The van der Waals surface area contributed by atoms with Crippen LogP contribution in [0.25, 0.3) is 16.8 Å². The maximum Gasteiger partial charge on any atom is 0.266 e. The lowest BCUT2D eigenvalue weighted by Gasteiger charge is -2.32. The molecule has 8 nitrogen and oxygen atoms in total. The van der Waals surface area contributed by atoms with Crippen molar-refractivity contribution < 1.29 is 9.53 Å². The summed E-state index contributed by atoms with van der Waals surface area (Å²) in [6.45, 7) is 4.88. The molecule has 8 heteroatoms. The van der Waals surface area contributed by atoms with E-state index in [2.05, 4.69) is 21.9 Å². The highest BCUT2D eigenvalue weighted by atomic mass is 16.5. The van der Waals surface area contributed by atoms with E-state index in [9.17, 15) is 9.59 Å². The Balaban J connectivity index is 1.33. The third-order valence-electron chi connectivity index (χ3n) is 6.00. The van der Waals surface area contributed by atoms with Gasteiger partial charge in [-0.2, -0.15) is 0 Å². The van der Waals surface area contributed by atoms with Crippen LogP contribution in [0.5, 0.6) is 11.5 Å². The number of rotatable bonds is 6. The van der Waals surface area contributed by atoms with Crippen molar-refractivity contribution in [1.82, 2.24) is 19.3 Å². The number of carbonyl (C=O) groups excluding carboxylic acids is 1. The van der Waals surface area contributed by atoms with Gasteiger partial charge < -0.3 is 15.0 Å². The SMILES string of the molecule is C=CC(=O)N1CCC[C@@H](Nc2cc3ncc(-c4ccc(Oc5ccccc5)cc4)c(=O)n3cn2)C1. The molecule has 2 aromatic carbocycles. The van der Waals surface area contributed by atoms with Gasteiger partial charge in [-0.3, -0.25) is 14.0 Å². The molecule has 1 N–H and O–H groups in total. The first-order chi connectivity index (χ1) is 17.1. The van der Waals surface area contributed by atoms with Crippen LogP contribution >= 0.6 is 0 Å². The van der Waals surface area contributed by atoms with Gasteiger partial charge in [0.2, 0.25) is 5.91 Å². The highest BCUT2D eigenvalue weighted by Crippen LogP contribution is 2.24. The van der Waals surface area contributed by atoms with E-state index in [1.165, 1.54) is 16.8 Å². The summed E-state index contributed by atoms with van der Waals surface area (Å²) in [6.07, 6.45) is 6.24. The third kappa shape index (κ3) is 4.91. The lowest BCUT2D eigenvalue weighted by atomic mass is 10.1. The van der Waals surface area contributed by atoms with E-state index in [0.29, 0.717) is 29.3 Å². The molecule has 0 bridgehead atoms. The van der Waals surface area contributed by atoms with Crippen LogP contribution in [0.3, 0.4) is 0 Å². The second kappa shape index (κ2) is 9.80. The number of amides is 1. The second-order valence-electron chi connectivity index (χ2n) is 8.39. The minimum absolute atomic E-state index is 0.0663. The van der Waals surface area contributed by atoms with E-state index < -0.39 is 0 Å². The zero-order valence-corrected chi connectivity index (χ0v) is 19.1. The summed E-state index contributed by atoms with van der Waals surface area (Å²) in [5.41, 5.74) is 1.51. The minimum Gasteiger partial charge on any atom is -0.457 e. The molecule has 1 atom stereocenters. The Hall–Kier alpha value is -4.46. The van der Waals surface area contributed by atoms with Crippen molar-refractivity contribution in [3.8, 4) is 22.6 Å². The lowest BCUT2D eigenvalue weighted by molar-refractivity contribution is -0.127. The normalized spacial score (nSPS) is 15.5. The van der Waals surface area contributed by atoms with Gasteiger partial charge in [0.1, 0.15) is 29.3 Å². The number of anilines is 1. The number of ether oxygens (including phenoxy) is 1. The smallest absolute Gasteiger partial charge is 0.266 e. The fraction of sp³-hybridized carbons (Fsp3) is 0.185. The van der Waals surface area contributed by atoms with E-state index in [4.69, 9.17) is 4.74 Å². The number of likely N-dealkylation sites (tertiary alicyclic amines) is 1. The molecular weight excluding hydrogens is 442 g/mol. The fourth-order valence-corrected chi connectivity index (χ4v) is 4.22. The minimum atomic E-state index is -0.203. The van der Waals surface area contributed by atoms with E-state index in [-0.39, 0.29) is 17.5 Å². The molecule has 0 aliphatic carbocycles. The Labute approximate surface area is 202 Å². The number of piperidine rings is 1. The van der Waals surface area contributed by atoms with Gasteiger partial charge in [-0.05, 0) is 48.7 Å². The fourth-order valence-electron chi connectivity index (χ4n) is 4.22. The molecule has 1 amide bonds. The van der Waals surface area contributed by atoms with Crippen molar-refractivity contribution in [1.29, 1.82) is 0 Å². The van der Waals surface area contributed by atoms with E-state index in [1.807, 2.05) is 54.6 Å². The van der Waals surface area contributed by atoms with Gasteiger partial charge in [0.05, 0.1) is 5.56 Å². The second-order valence-corrected chi connectivity index (χ2v) is 8.39. The Morgan fingerprint density at radius 1 is 1.09 bits per heavy atom. The van der Waals surface area contributed by atoms with Gasteiger partial charge in [-0.15, -0.1) is 0 Å². The first-order valence-electron chi connectivity index (χ1n) is 11.5. The number of nitrogens with one attached hydrogen (secondary N) is 1. The molecule has 5 rings (SSSR count). The van der Waals surface area contributed by atoms with E-state index in [1.54, 1.807) is 17.2 Å². The first-order valence-corrected chi connectivity index (χ1v) is 11.5. The maximum absolute atomic E-state index is 13.1. The Morgan fingerprint density at radius 2 is 1.86 bits per heavy atom. The average molecular weight is 468 g/mol. The summed E-state index contributed by atoms with van der Waals surface area (Å²) in [7, 11) is 0. The van der Waals surface area contributed by atoms with Crippen LogP contribution in [0.2, 0.25) is 0 Å². The number of hydrogen-bond donors (Lipinski definition) is 1. The third-order valence-corrected chi connectivity index (χ3v) is 6.00. The van der Waals surface area contributed by atoms with Crippen molar-refractivity contribution in [3.05, 3.63) is 96.2 Å². The van der Waals surface area contributed by atoms with Crippen LogP contribution in [0.4, 0.5) is 5.82 Å². The van der Waals surface area contributed by atoms with Crippen molar-refractivity contribution in [2.24, 2.45) is 0 Å². The molecule has 4 aromatic rings. The van der Waals surface area contributed by atoms with Crippen LogP contribution in [0.15, 0.2) is 90.6 Å². The highest BCUT2D eigenvalue weighted by molar-refractivity contribution is 5.87. The summed E-state index contributed by atoms with van der Waals surface area (Å²) < 4.78 is 7.26. The number of carbonyl (C=O) groups is 1. The molecule has 1 saturated heterocycles. The molecule has 176 valence electrons. The number of aromatic nitrogens is 3. The number of para-hydroxylation sites is 1. The Bertz CT molecular complexity index is 1420. The number of nitrogens with zero attached hydrogens (tertiary/aromatic N) is 4. The zero-order chi connectivity index (χ0) is 24.2. The lowest BCUT2D eigenvalue weighted by Crippen LogP contribution is -2.44. The Morgan fingerprint density at radius 3 is 2.63 bits per heavy atom. The topological polar surface area (TPSA) is 88.8 Å². The van der Waals surface area contributed by atoms with Crippen LogP contribution in [0.1, 0.15) is 12.8 Å². The number of fused-ring (bicyclic) bond motifs is 1. The van der Waals surface area contributed by atoms with Crippen molar-refractivity contribution >= 4 is 17.4 Å². The Kier molecular flexibility index (Phi) is 6.26. The molecule has 0 spiro atoms. The summed E-state index contributed by atoms with van der Waals surface area (Å²) in [5.74, 6) is 1.98. The predicted octanol–water partition coefficient (Wildman–Crippen LogP) is 4.14. The van der Waals surface area contributed by atoms with Crippen LogP contribution in [-0.2, 0) is 4.79 Å². The number of hydrogen-bond acceptors (Lipinski definition) is 6. The van der Waals surface area contributed by atoms with Crippen LogP contribution < -0.4 is 15.6 Å². The molecule has 1 aliphatic heterocycles. The largest absolute Gasteiger partial charge is 0.457 e. The van der Waals surface area contributed by atoms with Gasteiger partial charge >= 0.3 is 0 Å². The molecule has 3 heterocycles. The quantitative estimate of drug-likeness (QED) is 0.429. The molecule has 2 aromatic heterocycles. The standard InChI is InChI=1S/C27H25N5O3/c1-2-26(33)31-14-6-7-20(17-31)30-24-15-25-28-16-23(27(34)32(25)18-29-24)19-10-12-22(13-11-19)35-21-8-4-3-5-9-21/h2-5,8-13,15-16,18,20,30H,1,6-7,14,17H2/t20-/m1/s1. The van der Waals surface area contributed by atoms with Crippen molar-refractivity contribution in [3.63, 3.8) is 0 Å². The summed E-state index contributed by atoms with van der Waals surface area (Å²) in [4.78, 5) is 35.8. The van der Waals surface area contributed by atoms with Gasteiger partial charge in [0, 0.05) is 31.4 Å². The van der Waals surface area contributed by atoms with E-state index in [0.717, 1.165) is 30.7 Å². The molecule has 35 heavy (non-hydrogen) atoms. The monoisotopic (exact) mass is 467 g/mol. The van der Waals surface area contributed by atoms with Crippen LogP contribution in [0, 0.1) is 0 Å². The van der Waals surface area contributed by atoms with Crippen LogP contribution in [-0.4, -0.2) is 44.3 Å². The number of benzene rings is 2. The average Bonchev–Trinajstić information content (AvgIpc) is 2.90. The van der Waals surface area contributed by atoms with Gasteiger partial charge in [-0.25, -0.2) is 9.97 Å². The van der Waals surface area contributed by atoms with Crippen molar-refractivity contribution in [2.75, 3.05) is 18.4 Å². The van der Waals surface area contributed by atoms with Gasteiger partial charge in [-0.1, -0.05) is 36.9 Å². The molecule has 0 saturated carbocycles. The molecule has 1 fully saturated rings. The summed E-state index contributed by atoms with van der Waals surface area (Å²) >= 11 is 0. The molecular formula is C27H25N5O3. The molecule has 0 radical (unpaired) electrons. The first kappa shape index (κ1) is 22.3. The predicted molar refractivity (Wildman–Crippen MR) is 135 cm³/mol.